The van der Waals surface area contributed by atoms with Gasteiger partial charge in [-0.15, -0.1) is 0 Å². The molecule has 0 unspecified atom stereocenters. The van der Waals surface area contributed by atoms with E-state index in [1.54, 1.807) is 29.2 Å². The van der Waals surface area contributed by atoms with Crippen LogP contribution in [0.1, 0.15) is 68.7 Å². The lowest BCUT2D eigenvalue weighted by Crippen LogP contribution is -2.57. The standard InChI is InChI=1S/C34H36BCl2N3O5/c1-33(2,3)45-32(43)40-13-11-23(12-14-40)44-28-10-7-20(35)16-24(28)26-18-29(41)39-30(19-5-4-6-21(36)15-19)34(26)25-9-8-22(37)17-27(25)38-31(34)42/h4-10,15-17,23,26,30H,11-14,18,35H2,1-3H3,(H,38,42)(H,39,41)/t26-,30+,34-/m1/s1. The van der Waals surface area contributed by atoms with Gasteiger partial charge in [0.25, 0.3) is 0 Å². The number of likely N-dealkylation sites (tertiary alicyclic amines) is 1. The first-order chi connectivity index (χ1) is 21.3. The second-order valence-corrected chi connectivity index (χ2v) is 14.0. The van der Waals surface area contributed by atoms with Gasteiger partial charge in [-0.2, -0.15) is 0 Å². The van der Waals surface area contributed by atoms with Crippen molar-refractivity contribution in [3.05, 3.63) is 87.4 Å². The topological polar surface area (TPSA) is 97.0 Å². The number of halogens is 2. The summed E-state index contributed by atoms with van der Waals surface area (Å²) in [6, 6.07) is 17.9. The number of hydrogen-bond acceptors (Lipinski definition) is 5. The predicted molar refractivity (Wildman–Crippen MR) is 178 cm³/mol. The van der Waals surface area contributed by atoms with Crippen LogP contribution in [0.15, 0.2) is 60.7 Å². The van der Waals surface area contributed by atoms with Crippen LogP contribution in [0.25, 0.3) is 0 Å². The van der Waals surface area contributed by atoms with Crippen LogP contribution in [0.3, 0.4) is 0 Å². The van der Waals surface area contributed by atoms with E-state index in [9.17, 15) is 14.4 Å². The second-order valence-electron chi connectivity index (χ2n) is 13.2. The van der Waals surface area contributed by atoms with E-state index in [2.05, 4.69) is 10.6 Å². The fourth-order valence-corrected chi connectivity index (χ4v) is 7.31. The molecule has 3 amide bonds. The molecule has 3 heterocycles. The van der Waals surface area contributed by atoms with Gasteiger partial charge in [0.1, 0.15) is 30.7 Å². The van der Waals surface area contributed by atoms with E-state index < -0.39 is 23.0 Å². The number of piperidine rings is 2. The molecule has 11 heteroatoms. The second kappa shape index (κ2) is 11.9. The fourth-order valence-electron chi connectivity index (χ4n) is 6.94. The maximum Gasteiger partial charge on any atom is 0.410 e. The van der Waals surface area contributed by atoms with E-state index in [-0.39, 0.29) is 30.4 Å². The SMILES string of the molecule is Bc1ccc(OC2CCN(C(=O)OC(C)(C)C)CC2)c([C@H]2CC(=O)N[C@@H](c3cccc(Cl)c3)[C@]23C(=O)Nc2cc(Cl)ccc23)c1. The lowest BCUT2D eigenvalue weighted by atomic mass is 9.59. The number of ether oxygens (including phenoxy) is 2. The number of hydrogen-bond donors (Lipinski definition) is 2. The lowest BCUT2D eigenvalue weighted by molar-refractivity contribution is -0.131. The van der Waals surface area contributed by atoms with E-state index in [4.69, 9.17) is 32.7 Å². The van der Waals surface area contributed by atoms with E-state index >= 15 is 0 Å². The summed E-state index contributed by atoms with van der Waals surface area (Å²) in [7, 11) is 1.99. The van der Waals surface area contributed by atoms with Crippen molar-refractivity contribution in [1.82, 2.24) is 10.2 Å². The van der Waals surface area contributed by atoms with Crippen molar-refractivity contribution in [2.45, 2.75) is 69.1 Å². The summed E-state index contributed by atoms with van der Waals surface area (Å²) in [6.07, 6.45) is 0.825. The van der Waals surface area contributed by atoms with Crippen LogP contribution in [0.2, 0.25) is 10.0 Å². The Labute approximate surface area is 274 Å². The van der Waals surface area contributed by atoms with Crippen molar-refractivity contribution in [2.24, 2.45) is 0 Å². The number of carbonyl (C=O) groups excluding carboxylic acids is 3. The molecule has 0 bridgehead atoms. The summed E-state index contributed by atoms with van der Waals surface area (Å²) < 4.78 is 12.2. The summed E-state index contributed by atoms with van der Waals surface area (Å²) in [6.45, 7) is 6.57. The molecule has 0 aromatic heterocycles. The van der Waals surface area contributed by atoms with Crippen LogP contribution < -0.4 is 20.8 Å². The van der Waals surface area contributed by atoms with E-state index in [1.807, 2.05) is 65.0 Å². The van der Waals surface area contributed by atoms with Crippen LogP contribution >= 0.6 is 23.2 Å². The predicted octanol–water partition coefficient (Wildman–Crippen LogP) is 5.27. The molecule has 2 fully saturated rings. The van der Waals surface area contributed by atoms with Gasteiger partial charge in [-0.3, -0.25) is 9.59 Å². The van der Waals surface area contributed by atoms with Gasteiger partial charge in [0.2, 0.25) is 11.8 Å². The van der Waals surface area contributed by atoms with Crippen molar-refractivity contribution in [1.29, 1.82) is 0 Å². The van der Waals surface area contributed by atoms with Crippen molar-refractivity contribution >= 4 is 60.1 Å². The normalized spacial score (nSPS) is 23.4. The summed E-state index contributed by atoms with van der Waals surface area (Å²) in [5, 5.41) is 7.23. The quantitative estimate of drug-likeness (QED) is 0.377. The molecular weight excluding hydrogens is 612 g/mol. The van der Waals surface area contributed by atoms with Gasteiger partial charge in [0.05, 0.1) is 6.04 Å². The highest BCUT2D eigenvalue weighted by molar-refractivity contribution is 6.32. The Kier molecular flexibility index (Phi) is 8.29. The molecule has 3 aromatic rings. The van der Waals surface area contributed by atoms with Crippen molar-refractivity contribution in [3.8, 4) is 5.75 Å². The minimum absolute atomic E-state index is 0.0729. The third-order valence-electron chi connectivity index (χ3n) is 8.86. The zero-order valence-corrected chi connectivity index (χ0v) is 27.3. The molecule has 8 nitrogen and oxygen atoms in total. The van der Waals surface area contributed by atoms with Gasteiger partial charge < -0.3 is 25.0 Å². The smallest absolute Gasteiger partial charge is 0.410 e. The number of carbonyl (C=O) groups is 3. The molecule has 3 aromatic carbocycles. The zero-order valence-electron chi connectivity index (χ0n) is 25.8. The average molecular weight is 648 g/mol. The molecule has 0 saturated carbocycles. The van der Waals surface area contributed by atoms with Gasteiger partial charge >= 0.3 is 6.09 Å². The Bertz CT molecular complexity index is 1670. The minimum atomic E-state index is -1.22. The number of amides is 3. The number of nitrogens with one attached hydrogen (secondary N) is 2. The Morgan fingerprint density at radius 3 is 2.44 bits per heavy atom. The van der Waals surface area contributed by atoms with E-state index in [0.717, 1.165) is 22.2 Å². The molecule has 3 atom stereocenters. The maximum absolute atomic E-state index is 14.4. The summed E-state index contributed by atoms with van der Waals surface area (Å²) in [5.41, 5.74) is 2.07. The van der Waals surface area contributed by atoms with Crippen LogP contribution in [0.4, 0.5) is 10.5 Å². The highest BCUT2D eigenvalue weighted by Gasteiger charge is 2.61. The molecule has 2 N–H and O–H groups in total. The zero-order chi connectivity index (χ0) is 32.1. The Morgan fingerprint density at radius 1 is 1.00 bits per heavy atom. The molecule has 234 valence electrons. The van der Waals surface area contributed by atoms with Crippen molar-refractivity contribution in [3.63, 3.8) is 0 Å². The van der Waals surface area contributed by atoms with Gasteiger partial charge in [-0.25, -0.2) is 4.79 Å². The van der Waals surface area contributed by atoms with Crippen LogP contribution in [-0.2, 0) is 19.7 Å². The third-order valence-corrected chi connectivity index (χ3v) is 9.33. The van der Waals surface area contributed by atoms with Crippen LogP contribution in [-0.4, -0.2) is 55.4 Å². The maximum atomic E-state index is 14.4. The van der Waals surface area contributed by atoms with Gasteiger partial charge in [-0.05, 0) is 67.8 Å². The lowest BCUT2D eigenvalue weighted by Gasteiger charge is -2.47. The molecule has 6 rings (SSSR count). The largest absolute Gasteiger partial charge is 0.490 e. The molecule has 0 aliphatic carbocycles. The third kappa shape index (κ3) is 6.00. The fraction of sp³-hybridized carbons (Fsp3) is 0.382. The molecule has 45 heavy (non-hydrogen) atoms. The van der Waals surface area contributed by atoms with Crippen LogP contribution in [0, 0.1) is 0 Å². The Morgan fingerprint density at radius 2 is 1.73 bits per heavy atom. The number of rotatable bonds is 4. The minimum Gasteiger partial charge on any atom is -0.490 e. The number of fused-ring (bicyclic) bond motifs is 2. The van der Waals surface area contributed by atoms with Crippen molar-refractivity contribution < 1.29 is 23.9 Å². The number of anilines is 1. The highest BCUT2D eigenvalue weighted by atomic mass is 35.5. The van der Waals surface area contributed by atoms with E-state index in [0.29, 0.717) is 47.4 Å². The van der Waals surface area contributed by atoms with Gasteiger partial charge in [0, 0.05) is 54.0 Å². The van der Waals surface area contributed by atoms with Crippen molar-refractivity contribution in [2.75, 3.05) is 18.4 Å². The molecule has 1 spiro atoms. The summed E-state index contributed by atoms with van der Waals surface area (Å²) >= 11 is 12.8. The molecule has 3 aliphatic rings. The van der Waals surface area contributed by atoms with E-state index in [1.165, 1.54) is 0 Å². The first-order valence-electron chi connectivity index (χ1n) is 15.3. The van der Waals surface area contributed by atoms with Gasteiger partial charge in [-0.1, -0.05) is 59.0 Å². The monoisotopic (exact) mass is 647 g/mol. The Balaban J connectivity index is 1.40. The summed E-state index contributed by atoms with van der Waals surface area (Å²) in [4.78, 5) is 42.3. The molecular formula is C34H36BCl2N3O5. The van der Waals surface area contributed by atoms with Crippen LogP contribution in [0.5, 0.6) is 5.75 Å². The first-order valence-corrected chi connectivity index (χ1v) is 16.0. The highest BCUT2D eigenvalue weighted by Crippen LogP contribution is 2.58. The average Bonchev–Trinajstić information content (AvgIpc) is 3.25. The Hall–Kier alpha value is -3.69. The molecule has 0 radical (unpaired) electrons. The number of benzene rings is 3. The number of nitrogens with zero attached hydrogens (tertiary/aromatic N) is 1. The molecule has 2 saturated heterocycles. The summed E-state index contributed by atoms with van der Waals surface area (Å²) in [5.74, 6) is -0.360. The molecule has 3 aliphatic heterocycles. The first kappa shape index (κ1) is 31.3. The van der Waals surface area contributed by atoms with Gasteiger partial charge in [0.15, 0.2) is 0 Å².